The summed E-state index contributed by atoms with van der Waals surface area (Å²) in [5.41, 5.74) is 2.05. The molecule has 27 heavy (non-hydrogen) atoms. The van der Waals surface area contributed by atoms with Gasteiger partial charge in [-0.3, -0.25) is 0 Å². The van der Waals surface area contributed by atoms with E-state index in [2.05, 4.69) is 39.2 Å². The standard InChI is InChI=1S/C22H34O5/c1-9-17(23-7)19-13(3)11-15(5)21(25-19)27-22-16(6)12-14(4)20(26-22)18(10-2)24-8/h9-14,17-22H,1-2H2,3-8H3/t13-,14-,17+,18+,19?,20?,21-,22-/m1/s1. The smallest absolute Gasteiger partial charge is 0.183 e. The summed E-state index contributed by atoms with van der Waals surface area (Å²) in [5.74, 6) is 0.395. The Kier molecular flexibility index (Phi) is 8.01. The fraction of sp³-hybridized carbons (Fsp3) is 0.636. The third-order valence-corrected chi connectivity index (χ3v) is 5.30. The van der Waals surface area contributed by atoms with Gasteiger partial charge in [0.25, 0.3) is 0 Å². The lowest BCUT2D eigenvalue weighted by Gasteiger charge is -2.40. The average Bonchev–Trinajstić information content (AvgIpc) is 2.63. The van der Waals surface area contributed by atoms with E-state index in [1.54, 1.807) is 26.4 Å². The first kappa shape index (κ1) is 22.1. The molecular formula is C22H34O5. The Balaban J connectivity index is 2.16. The fourth-order valence-corrected chi connectivity index (χ4v) is 3.80. The Morgan fingerprint density at radius 2 is 1.22 bits per heavy atom. The third-order valence-electron chi connectivity index (χ3n) is 5.30. The van der Waals surface area contributed by atoms with E-state index >= 15 is 0 Å². The lowest BCUT2D eigenvalue weighted by Crippen LogP contribution is -2.46. The van der Waals surface area contributed by atoms with Crippen LogP contribution < -0.4 is 0 Å². The van der Waals surface area contributed by atoms with Crippen LogP contribution in [0.25, 0.3) is 0 Å². The molecular weight excluding hydrogens is 344 g/mol. The lowest BCUT2D eigenvalue weighted by atomic mass is 9.93. The molecule has 0 radical (unpaired) electrons. The van der Waals surface area contributed by atoms with Crippen molar-refractivity contribution in [2.45, 2.75) is 64.7 Å². The van der Waals surface area contributed by atoms with Crippen LogP contribution in [0.2, 0.25) is 0 Å². The normalized spacial score (nSPS) is 36.4. The summed E-state index contributed by atoms with van der Waals surface area (Å²) in [6.07, 6.45) is 6.12. The minimum Gasteiger partial charge on any atom is -0.375 e. The molecule has 0 aliphatic carbocycles. The van der Waals surface area contributed by atoms with Gasteiger partial charge in [-0.05, 0) is 25.0 Å². The summed E-state index contributed by atoms with van der Waals surface area (Å²) in [6.45, 7) is 15.9. The van der Waals surface area contributed by atoms with Crippen molar-refractivity contribution in [2.75, 3.05) is 14.2 Å². The van der Waals surface area contributed by atoms with Crippen LogP contribution in [-0.4, -0.2) is 51.2 Å². The van der Waals surface area contributed by atoms with Crippen molar-refractivity contribution in [2.24, 2.45) is 11.8 Å². The highest BCUT2D eigenvalue weighted by Gasteiger charge is 2.38. The highest BCUT2D eigenvalue weighted by Crippen LogP contribution is 2.33. The van der Waals surface area contributed by atoms with Gasteiger partial charge >= 0.3 is 0 Å². The van der Waals surface area contributed by atoms with E-state index in [1.165, 1.54) is 0 Å². The van der Waals surface area contributed by atoms with Crippen LogP contribution in [0.3, 0.4) is 0 Å². The maximum absolute atomic E-state index is 6.24. The van der Waals surface area contributed by atoms with Crippen LogP contribution in [0.4, 0.5) is 0 Å². The van der Waals surface area contributed by atoms with Gasteiger partial charge in [0.2, 0.25) is 0 Å². The van der Waals surface area contributed by atoms with E-state index in [1.807, 2.05) is 13.8 Å². The van der Waals surface area contributed by atoms with Crippen molar-refractivity contribution in [1.82, 2.24) is 0 Å². The molecule has 0 saturated carbocycles. The van der Waals surface area contributed by atoms with Crippen molar-refractivity contribution in [3.05, 3.63) is 48.6 Å². The predicted octanol–water partition coefficient (Wildman–Crippen LogP) is 4.02. The van der Waals surface area contributed by atoms with Gasteiger partial charge in [-0.2, -0.15) is 0 Å². The van der Waals surface area contributed by atoms with E-state index in [0.29, 0.717) is 0 Å². The Morgan fingerprint density at radius 3 is 1.52 bits per heavy atom. The topological polar surface area (TPSA) is 46.2 Å². The third kappa shape index (κ3) is 4.98. The largest absolute Gasteiger partial charge is 0.375 e. The minimum atomic E-state index is -0.504. The minimum absolute atomic E-state index is 0.163. The first-order valence-electron chi connectivity index (χ1n) is 9.49. The average molecular weight is 379 g/mol. The van der Waals surface area contributed by atoms with Crippen LogP contribution in [-0.2, 0) is 23.7 Å². The summed E-state index contributed by atoms with van der Waals surface area (Å²) in [5, 5.41) is 0. The van der Waals surface area contributed by atoms with Gasteiger partial charge < -0.3 is 23.7 Å². The van der Waals surface area contributed by atoms with Gasteiger partial charge in [0, 0.05) is 26.1 Å². The van der Waals surface area contributed by atoms with Gasteiger partial charge in [0.15, 0.2) is 12.6 Å². The summed E-state index contributed by atoms with van der Waals surface area (Å²) < 4.78 is 29.7. The maximum Gasteiger partial charge on any atom is 0.183 e. The number of rotatable bonds is 8. The van der Waals surface area contributed by atoms with Crippen LogP contribution in [0.1, 0.15) is 27.7 Å². The zero-order valence-corrected chi connectivity index (χ0v) is 17.4. The second-order valence-corrected chi connectivity index (χ2v) is 7.41. The maximum atomic E-state index is 6.24. The molecule has 5 heteroatoms. The second kappa shape index (κ2) is 9.80. The molecule has 2 heterocycles. The summed E-state index contributed by atoms with van der Waals surface area (Å²) in [7, 11) is 3.32. The number of methoxy groups -OCH3 is 2. The van der Waals surface area contributed by atoms with Crippen molar-refractivity contribution in [1.29, 1.82) is 0 Å². The van der Waals surface area contributed by atoms with Crippen molar-refractivity contribution in [3.8, 4) is 0 Å². The lowest BCUT2D eigenvalue weighted by molar-refractivity contribution is -0.270. The molecule has 0 fully saturated rings. The molecule has 2 unspecified atom stereocenters. The molecule has 0 spiro atoms. The molecule has 0 amide bonds. The van der Waals surface area contributed by atoms with E-state index in [0.717, 1.165) is 11.1 Å². The van der Waals surface area contributed by atoms with Crippen LogP contribution in [0.15, 0.2) is 48.6 Å². The Labute approximate surface area is 163 Å². The monoisotopic (exact) mass is 378 g/mol. The van der Waals surface area contributed by atoms with E-state index < -0.39 is 12.6 Å². The zero-order chi connectivity index (χ0) is 20.1. The number of hydrogen-bond donors (Lipinski definition) is 0. The number of ether oxygens (including phenoxy) is 5. The second-order valence-electron chi connectivity index (χ2n) is 7.41. The quantitative estimate of drug-likeness (QED) is 0.597. The first-order valence-corrected chi connectivity index (χ1v) is 9.49. The van der Waals surface area contributed by atoms with E-state index in [-0.39, 0.29) is 36.3 Å². The van der Waals surface area contributed by atoms with Crippen molar-refractivity contribution < 1.29 is 23.7 Å². The molecule has 0 bridgehead atoms. The van der Waals surface area contributed by atoms with Gasteiger partial charge in [-0.1, -0.05) is 38.2 Å². The van der Waals surface area contributed by atoms with Gasteiger partial charge in [0.05, 0.1) is 12.2 Å². The van der Waals surface area contributed by atoms with Crippen LogP contribution in [0.5, 0.6) is 0 Å². The van der Waals surface area contributed by atoms with Crippen LogP contribution >= 0.6 is 0 Å². The molecule has 5 nitrogen and oxygen atoms in total. The summed E-state index contributed by atoms with van der Waals surface area (Å²) in [6, 6.07) is 0. The molecule has 0 saturated heterocycles. The Bertz CT molecular complexity index is 531. The molecule has 2 aliphatic heterocycles. The molecule has 0 aromatic rings. The van der Waals surface area contributed by atoms with Crippen LogP contribution in [0, 0.1) is 11.8 Å². The molecule has 0 N–H and O–H groups in total. The van der Waals surface area contributed by atoms with E-state index in [4.69, 9.17) is 23.7 Å². The van der Waals surface area contributed by atoms with Gasteiger partial charge in [0.1, 0.15) is 12.2 Å². The fourth-order valence-electron chi connectivity index (χ4n) is 3.80. The van der Waals surface area contributed by atoms with Gasteiger partial charge in [-0.25, -0.2) is 0 Å². The molecule has 2 rings (SSSR count). The van der Waals surface area contributed by atoms with E-state index in [9.17, 15) is 0 Å². The predicted molar refractivity (Wildman–Crippen MR) is 106 cm³/mol. The Hall–Kier alpha value is -1.24. The first-order chi connectivity index (χ1) is 12.9. The summed E-state index contributed by atoms with van der Waals surface area (Å²) in [4.78, 5) is 0. The van der Waals surface area contributed by atoms with Gasteiger partial charge in [-0.15, -0.1) is 13.2 Å². The van der Waals surface area contributed by atoms with Crippen molar-refractivity contribution in [3.63, 3.8) is 0 Å². The zero-order valence-electron chi connectivity index (χ0n) is 17.4. The van der Waals surface area contributed by atoms with Crippen molar-refractivity contribution >= 4 is 0 Å². The summed E-state index contributed by atoms with van der Waals surface area (Å²) >= 11 is 0. The molecule has 8 atom stereocenters. The molecule has 152 valence electrons. The molecule has 2 aliphatic rings. The molecule has 0 aromatic carbocycles. The highest BCUT2D eigenvalue weighted by atomic mass is 16.8. The molecule has 0 aromatic heterocycles. The SMILES string of the molecule is C=C[C@H](OC)C1O[C@H](O[C@H]2OC([C@H](C=C)OC)[C@H](C)C=C2C)C(C)=C[C@H]1C. The highest BCUT2D eigenvalue weighted by molar-refractivity contribution is 5.15. The Morgan fingerprint density at radius 1 is 0.852 bits per heavy atom. The number of hydrogen-bond acceptors (Lipinski definition) is 5.